The van der Waals surface area contributed by atoms with Gasteiger partial charge >= 0.3 is 0 Å². The van der Waals surface area contributed by atoms with E-state index < -0.39 is 26.4 Å². The summed E-state index contributed by atoms with van der Waals surface area (Å²) in [4.78, 5) is 14.0. The number of aryl methyl sites for hydroxylation is 1. The molecule has 0 amide bonds. The first-order valence-corrected chi connectivity index (χ1v) is 8.76. The van der Waals surface area contributed by atoms with Crippen molar-refractivity contribution in [2.24, 2.45) is 10.1 Å². The third-order valence-electron chi connectivity index (χ3n) is 3.54. The Balaban J connectivity index is 2.57. The van der Waals surface area contributed by atoms with Gasteiger partial charge in [-0.05, 0) is 54.5 Å². The first kappa shape index (κ1) is 18.8. The number of hydrogen-bond acceptors (Lipinski definition) is 6. The molecule has 132 valence electrons. The van der Waals surface area contributed by atoms with E-state index in [0.29, 0.717) is 11.1 Å². The van der Waals surface area contributed by atoms with Crippen LogP contribution < -0.4 is 10.2 Å². The lowest BCUT2D eigenvalue weighted by Gasteiger charge is -2.11. The molecule has 2 aromatic rings. The Bertz CT molecular complexity index is 1000. The number of rotatable bonds is 4. The molecule has 0 saturated carbocycles. The molecular formula is C15H13ClN3O5S-. The monoisotopic (exact) mass is 382 g/mol. The van der Waals surface area contributed by atoms with Crippen molar-refractivity contribution in [3.63, 3.8) is 0 Å². The van der Waals surface area contributed by atoms with Crippen LogP contribution in [0.25, 0.3) is 0 Å². The lowest BCUT2D eigenvalue weighted by Crippen LogP contribution is -2.12. The summed E-state index contributed by atoms with van der Waals surface area (Å²) < 4.78 is 23.0. The summed E-state index contributed by atoms with van der Waals surface area (Å²) in [6.45, 7) is 3.40. The molecule has 2 rings (SSSR count). The number of halogens is 1. The molecule has 0 aromatic heterocycles. The van der Waals surface area contributed by atoms with Gasteiger partial charge in [0.1, 0.15) is 0 Å². The highest BCUT2D eigenvalue weighted by Crippen LogP contribution is 2.31. The largest absolute Gasteiger partial charge is 0.867 e. The minimum Gasteiger partial charge on any atom is -0.867 e. The average molecular weight is 383 g/mol. The fourth-order valence-corrected chi connectivity index (χ4v) is 2.91. The van der Waals surface area contributed by atoms with Crippen LogP contribution in [-0.4, -0.2) is 19.6 Å². The zero-order chi connectivity index (χ0) is 18.9. The Kier molecular flexibility index (Phi) is 5.12. The van der Waals surface area contributed by atoms with Crippen molar-refractivity contribution < 1.29 is 18.4 Å². The van der Waals surface area contributed by atoms with Crippen LogP contribution in [0.4, 0.5) is 11.4 Å². The van der Waals surface area contributed by atoms with E-state index in [1.54, 1.807) is 13.8 Å². The molecule has 0 aliphatic rings. The maximum atomic E-state index is 12.1. The fraction of sp³-hybridized carbons (Fsp3) is 0.133. The van der Waals surface area contributed by atoms with E-state index in [4.69, 9.17) is 16.7 Å². The summed E-state index contributed by atoms with van der Waals surface area (Å²) in [6.07, 6.45) is 1.11. The molecule has 0 spiro atoms. The second kappa shape index (κ2) is 6.79. The molecule has 8 nitrogen and oxygen atoms in total. The Morgan fingerprint density at radius 3 is 2.44 bits per heavy atom. The maximum Gasteiger partial charge on any atom is 0.263 e. The SMILES string of the molecule is Cc1cc(S(N)(=O)=O)cc(N=Cc2cc(Cl)cc([N+](=O)[O-])c2[O-])c1C. The van der Waals surface area contributed by atoms with Crippen molar-refractivity contribution >= 4 is 39.2 Å². The Hall–Kier alpha value is -2.49. The van der Waals surface area contributed by atoms with Crippen molar-refractivity contribution in [2.75, 3.05) is 0 Å². The highest BCUT2D eigenvalue weighted by Gasteiger charge is 2.13. The van der Waals surface area contributed by atoms with Crippen molar-refractivity contribution in [2.45, 2.75) is 18.7 Å². The standard InChI is InChI=1S/C15H14ClN3O5S/c1-8-3-12(25(17,23)24)6-13(9(8)2)18-7-10-4-11(16)5-14(15(10)20)19(21)22/h3-7,20H,1-2H3,(H2,17,23,24)/p-1. The van der Waals surface area contributed by atoms with E-state index in [0.717, 1.165) is 12.3 Å². The fourth-order valence-electron chi connectivity index (χ4n) is 2.08. The minimum atomic E-state index is -3.93. The molecule has 0 atom stereocenters. The molecule has 0 heterocycles. The summed E-state index contributed by atoms with van der Waals surface area (Å²) in [5.41, 5.74) is 0.828. The van der Waals surface area contributed by atoms with Gasteiger partial charge in [-0.2, -0.15) is 0 Å². The van der Waals surface area contributed by atoms with Gasteiger partial charge in [-0.15, -0.1) is 0 Å². The van der Waals surface area contributed by atoms with Gasteiger partial charge in [0.25, 0.3) is 5.69 Å². The quantitative estimate of drug-likeness (QED) is 0.491. The van der Waals surface area contributed by atoms with E-state index in [1.165, 1.54) is 18.2 Å². The lowest BCUT2D eigenvalue weighted by atomic mass is 10.1. The minimum absolute atomic E-state index is 0.0129. The number of primary sulfonamides is 1. The van der Waals surface area contributed by atoms with E-state index in [9.17, 15) is 23.6 Å². The summed E-state index contributed by atoms with van der Waals surface area (Å²) in [5.74, 6) is -0.838. The summed E-state index contributed by atoms with van der Waals surface area (Å²) in [6, 6.07) is 4.87. The predicted molar refractivity (Wildman–Crippen MR) is 92.1 cm³/mol. The topological polar surface area (TPSA) is 139 Å². The number of aliphatic imine (C=N–C) groups is 1. The van der Waals surface area contributed by atoms with Crippen LogP contribution in [0, 0.1) is 24.0 Å². The molecule has 25 heavy (non-hydrogen) atoms. The number of benzene rings is 2. The molecule has 0 radical (unpaired) electrons. The number of nitro benzene ring substituents is 1. The number of nitrogens with zero attached hydrogens (tertiary/aromatic N) is 2. The van der Waals surface area contributed by atoms with Gasteiger partial charge in [0, 0.05) is 17.3 Å². The molecule has 0 unspecified atom stereocenters. The second-order valence-corrected chi connectivity index (χ2v) is 7.29. The molecule has 10 heteroatoms. The van der Waals surface area contributed by atoms with Gasteiger partial charge in [-0.1, -0.05) is 11.6 Å². The van der Waals surface area contributed by atoms with Crippen LogP contribution in [0.2, 0.25) is 5.02 Å². The van der Waals surface area contributed by atoms with Crippen molar-refractivity contribution in [3.8, 4) is 5.75 Å². The van der Waals surface area contributed by atoms with Crippen molar-refractivity contribution in [3.05, 3.63) is 56.1 Å². The van der Waals surface area contributed by atoms with Crippen LogP contribution >= 0.6 is 11.6 Å². The predicted octanol–water partition coefficient (Wildman–Crippen LogP) is 2.34. The highest BCUT2D eigenvalue weighted by molar-refractivity contribution is 7.89. The summed E-state index contributed by atoms with van der Waals surface area (Å²) in [7, 11) is -3.93. The Morgan fingerprint density at radius 2 is 1.88 bits per heavy atom. The molecule has 2 aromatic carbocycles. The van der Waals surface area contributed by atoms with Gasteiger partial charge in [0.2, 0.25) is 10.0 Å². The smallest absolute Gasteiger partial charge is 0.263 e. The van der Waals surface area contributed by atoms with Gasteiger partial charge in [-0.25, -0.2) is 13.6 Å². The third-order valence-corrected chi connectivity index (χ3v) is 4.66. The summed E-state index contributed by atoms with van der Waals surface area (Å²) >= 11 is 5.79. The summed E-state index contributed by atoms with van der Waals surface area (Å²) in [5, 5.41) is 28.1. The molecule has 2 N–H and O–H groups in total. The van der Waals surface area contributed by atoms with Crippen LogP contribution in [-0.2, 0) is 10.0 Å². The van der Waals surface area contributed by atoms with Crippen molar-refractivity contribution in [1.29, 1.82) is 0 Å². The van der Waals surface area contributed by atoms with E-state index in [-0.39, 0.29) is 21.2 Å². The van der Waals surface area contributed by atoms with Gasteiger partial charge in [-0.3, -0.25) is 15.1 Å². The van der Waals surface area contributed by atoms with Crippen LogP contribution in [0.3, 0.4) is 0 Å². The van der Waals surface area contributed by atoms with Crippen molar-refractivity contribution in [1.82, 2.24) is 0 Å². The third kappa shape index (κ3) is 4.13. The lowest BCUT2D eigenvalue weighted by molar-refractivity contribution is -0.398. The van der Waals surface area contributed by atoms with Gasteiger partial charge in [0.15, 0.2) is 0 Å². The van der Waals surface area contributed by atoms with Gasteiger partial charge < -0.3 is 5.11 Å². The van der Waals surface area contributed by atoms with Gasteiger partial charge in [0.05, 0.1) is 15.5 Å². The second-order valence-electron chi connectivity index (χ2n) is 5.29. The Labute approximate surface area is 148 Å². The number of nitrogens with two attached hydrogens (primary N) is 1. The molecular weight excluding hydrogens is 370 g/mol. The van der Waals surface area contributed by atoms with Crippen LogP contribution in [0.15, 0.2) is 34.2 Å². The highest BCUT2D eigenvalue weighted by atomic mass is 35.5. The number of hydrogen-bond donors (Lipinski definition) is 1. The molecule has 0 bridgehead atoms. The Morgan fingerprint density at radius 1 is 1.24 bits per heavy atom. The van der Waals surface area contributed by atoms with Crippen LogP contribution in [0.5, 0.6) is 5.75 Å². The first-order chi connectivity index (χ1) is 11.5. The molecule has 0 aliphatic heterocycles. The molecule has 0 saturated heterocycles. The zero-order valence-electron chi connectivity index (χ0n) is 13.2. The zero-order valence-corrected chi connectivity index (χ0v) is 14.8. The number of sulfonamides is 1. The number of nitro groups is 1. The average Bonchev–Trinajstić information content (AvgIpc) is 2.49. The first-order valence-electron chi connectivity index (χ1n) is 6.83. The molecule has 0 aliphatic carbocycles. The van der Waals surface area contributed by atoms with Crippen LogP contribution in [0.1, 0.15) is 16.7 Å². The van der Waals surface area contributed by atoms with E-state index in [1.807, 2.05) is 0 Å². The van der Waals surface area contributed by atoms with E-state index >= 15 is 0 Å². The normalized spacial score (nSPS) is 11.8. The maximum absolute atomic E-state index is 12.1. The van der Waals surface area contributed by atoms with E-state index in [2.05, 4.69) is 4.99 Å². The molecule has 0 fully saturated rings.